The number of hydrogen-bond acceptors (Lipinski definition) is 4. The number of hydrogen-bond donors (Lipinski definition) is 2. The third-order valence-corrected chi connectivity index (χ3v) is 4.36. The summed E-state index contributed by atoms with van der Waals surface area (Å²) < 4.78 is 39.9. The van der Waals surface area contributed by atoms with Crippen molar-refractivity contribution in [2.45, 2.75) is 12.8 Å². The Kier molecular flexibility index (Phi) is 5.05. The first-order valence-electron chi connectivity index (χ1n) is 8.88. The van der Waals surface area contributed by atoms with Crippen LogP contribution in [0.15, 0.2) is 53.6 Å². The van der Waals surface area contributed by atoms with Gasteiger partial charge in [-0.2, -0.15) is 10.2 Å². The van der Waals surface area contributed by atoms with E-state index in [1.807, 2.05) is 0 Å². The maximum Gasteiger partial charge on any atom is 0.273 e. The molecule has 2 amide bonds. The molecule has 2 heterocycles. The summed E-state index contributed by atoms with van der Waals surface area (Å²) in [6.45, 7) is 0. The van der Waals surface area contributed by atoms with E-state index in [9.17, 15) is 22.8 Å². The van der Waals surface area contributed by atoms with Crippen molar-refractivity contribution < 1.29 is 22.8 Å². The molecule has 2 N–H and O–H groups in total. The number of nitrogens with zero attached hydrogens (tertiary/aromatic N) is 3. The number of halogens is 3. The normalized spacial score (nSPS) is 13.9. The highest BCUT2D eigenvalue weighted by Gasteiger charge is 2.26. The van der Waals surface area contributed by atoms with Crippen LogP contribution >= 0.6 is 0 Å². The van der Waals surface area contributed by atoms with Gasteiger partial charge in [0, 0.05) is 30.5 Å². The molecule has 7 nitrogen and oxygen atoms in total. The minimum atomic E-state index is -0.743. The first kappa shape index (κ1) is 19.4. The van der Waals surface area contributed by atoms with Crippen molar-refractivity contribution in [3.63, 3.8) is 0 Å². The molecule has 1 aromatic heterocycles. The molecule has 1 aliphatic heterocycles. The SMILES string of the molecule is O=C(Nc1cc(-c2cc(F)cc(F)c2)[nH]n1)C1=NN(c2ccc(F)cc2)C(=O)CC1. The van der Waals surface area contributed by atoms with Crippen molar-refractivity contribution in [2.24, 2.45) is 5.10 Å². The fourth-order valence-corrected chi connectivity index (χ4v) is 2.93. The average Bonchev–Trinajstić information content (AvgIpc) is 3.17. The lowest BCUT2D eigenvalue weighted by atomic mass is 10.1. The Bertz CT molecular complexity index is 1140. The zero-order chi connectivity index (χ0) is 21.3. The Morgan fingerprint density at radius 2 is 1.67 bits per heavy atom. The first-order chi connectivity index (χ1) is 14.4. The molecule has 30 heavy (non-hydrogen) atoms. The second kappa shape index (κ2) is 7.82. The summed E-state index contributed by atoms with van der Waals surface area (Å²) >= 11 is 0. The van der Waals surface area contributed by atoms with Gasteiger partial charge in [-0.1, -0.05) is 0 Å². The second-order valence-electron chi connectivity index (χ2n) is 6.51. The monoisotopic (exact) mass is 413 g/mol. The van der Waals surface area contributed by atoms with Crippen LogP contribution < -0.4 is 10.3 Å². The standard InChI is InChI=1S/C20H14F3N5O2/c21-12-1-3-15(4-2-12)28-19(29)6-5-16(27-28)20(30)24-18-10-17(25-26-18)11-7-13(22)9-14(23)8-11/h1-4,7-10H,5-6H2,(H2,24,25,26,30). The van der Waals surface area contributed by atoms with Gasteiger partial charge in [-0.05, 0) is 36.4 Å². The first-order valence-corrected chi connectivity index (χ1v) is 8.88. The van der Waals surface area contributed by atoms with E-state index in [4.69, 9.17) is 0 Å². The Labute approximate surface area is 168 Å². The number of aromatic amines is 1. The molecule has 10 heteroatoms. The van der Waals surface area contributed by atoms with E-state index in [1.165, 1.54) is 30.3 Å². The summed E-state index contributed by atoms with van der Waals surface area (Å²) in [6, 6.07) is 9.56. The van der Waals surface area contributed by atoms with Gasteiger partial charge >= 0.3 is 0 Å². The molecule has 0 aliphatic carbocycles. The van der Waals surface area contributed by atoms with Crippen LogP contribution in [0.1, 0.15) is 12.8 Å². The van der Waals surface area contributed by atoms with Gasteiger partial charge in [-0.3, -0.25) is 14.7 Å². The molecule has 0 saturated heterocycles. The van der Waals surface area contributed by atoms with Gasteiger partial charge < -0.3 is 5.32 Å². The number of H-pyrrole nitrogens is 1. The third kappa shape index (κ3) is 4.07. The summed E-state index contributed by atoms with van der Waals surface area (Å²) in [4.78, 5) is 24.7. The maximum absolute atomic E-state index is 13.4. The summed E-state index contributed by atoms with van der Waals surface area (Å²) in [5, 5.41) is 14.2. The quantitative estimate of drug-likeness (QED) is 0.685. The summed E-state index contributed by atoms with van der Waals surface area (Å²) in [5.74, 6) is -2.74. The number of rotatable bonds is 4. The second-order valence-corrected chi connectivity index (χ2v) is 6.51. The summed E-state index contributed by atoms with van der Waals surface area (Å²) in [7, 11) is 0. The lowest BCUT2D eigenvalue weighted by Gasteiger charge is -2.22. The number of hydrazone groups is 1. The number of benzene rings is 2. The highest BCUT2D eigenvalue weighted by molar-refractivity contribution is 6.44. The van der Waals surface area contributed by atoms with E-state index >= 15 is 0 Å². The third-order valence-electron chi connectivity index (χ3n) is 4.36. The molecule has 1 aliphatic rings. The van der Waals surface area contributed by atoms with Crippen molar-refractivity contribution in [1.29, 1.82) is 0 Å². The van der Waals surface area contributed by atoms with Crippen LogP contribution in [-0.4, -0.2) is 27.7 Å². The Morgan fingerprint density at radius 3 is 2.37 bits per heavy atom. The number of nitrogens with one attached hydrogen (secondary N) is 2. The Hall–Kier alpha value is -3.95. The van der Waals surface area contributed by atoms with E-state index in [0.717, 1.165) is 23.2 Å². The lowest BCUT2D eigenvalue weighted by Crippen LogP contribution is -2.36. The van der Waals surface area contributed by atoms with Crippen LogP contribution in [0.3, 0.4) is 0 Å². The zero-order valence-electron chi connectivity index (χ0n) is 15.3. The fourth-order valence-electron chi connectivity index (χ4n) is 2.93. The molecule has 0 bridgehead atoms. The smallest absolute Gasteiger partial charge is 0.273 e. The van der Waals surface area contributed by atoms with Gasteiger partial charge in [0.1, 0.15) is 23.2 Å². The van der Waals surface area contributed by atoms with E-state index in [2.05, 4.69) is 20.6 Å². The van der Waals surface area contributed by atoms with Gasteiger partial charge in [-0.25, -0.2) is 18.2 Å². The minimum Gasteiger partial charge on any atom is -0.304 e. The van der Waals surface area contributed by atoms with Crippen LogP contribution in [0.4, 0.5) is 24.7 Å². The molecular formula is C20H14F3N5O2. The topological polar surface area (TPSA) is 90.4 Å². The highest BCUT2D eigenvalue weighted by Crippen LogP contribution is 2.23. The van der Waals surface area contributed by atoms with Crippen LogP contribution in [0.5, 0.6) is 0 Å². The molecule has 2 aromatic carbocycles. The largest absolute Gasteiger partial charge is 0.304 e. The van der Waals surface area contributed by atoms with Crippen LogP contribution in [0, 0.1) is 17.5 Å². The van der Waals surface area contributed by atoms with E-state index in [-0.39, 0.29) is 35.8 Å². The summed E-state index contributed by atoms with van der Waals surface area (Å²) in [5.41, 5.74) is 0.947. The van der Waals surface area contributed by atoms with E-state index < -0.39 is 23.4 Å². The van der Waals surface area contributed by atoms with Crippen molar-refractivity contribution in [3.05, 3.63) is 66.0 Å². The van der Waals surface area contributed by atoms with Gasteiger partial charge in [-0.15, -0.1) is 0 Å². The molecule has 0 atom stereocenters. The number of amides is 2. The Balaban J connectivity index is 1.52. The van der Waals surface area contributed by atoms with Crippen molar-refractivity contribution in [1.82, 2.24) is 10.2 Å². The molecule has 3 aromatic rings. The predicted octanol–water partition coefficient (Wildman–Crippen LogP) is 3.62. The van der Waals surface area contributed by atoms with Gasteiger partial charge in [0.25, 0.3) is 5.91 Å². The number of carbonyl (C=O) groups is 2. The van der Waals surface area contributed by atoms with Gasteiger partial charge in [0.2, 0.25) is 5.91 Å². The predicted molar refractivity (Wildman–Crippen MR) is 103 cm³/mol. The molecule has 0 radical (unpaired) electrons. The number of anilines is 2. The van der Waals surface area contributed by atoms with E-state index in [1.54, 1.807) is 0 Å². The number of carbonyl (C=O) groups excluding carboxylic acids is 2. The molecule has 0 fully saturated rings. The van der Waals surface area contributed by atoms with Crippen LogP contribution in [0.25, 0.3) is 11.3 Å². The molecule has 0 spiro atoms. The van der Waals surface area contributed by atoms with Crippen LogP contribution in [0.2, 0.25) is 0 Å². The van der Waals surface area contributed by atoms with Crippen molar-refractivity contribution in [3.8, 4) is 11.3 Å². The fraction of sp³-hybridized carbons (Fsp3) is 0.100. The Morgan fingerprint density at radius 1 is 0.967 bits per heavy atom. The lowest BCUT2D eigenvalue weighted by molar-refractivity contribution is -0.118. The minimum absolute atomic E-state index is 0.0536. The van der Waals surface area contributed by atoms with Crippen molar-refractivity contribution >= 4 is 29.0 Å². The molecule has 0 unspecified atom stereocenters. The van der Waals surface area contributed by atoms with Gasteiger partial charge in [0.05, 0.1) is 11.4 Å². The molecular weight excluding hydrogens is 399 g/mol. The highest BCUT2D eigenvalue weighted by atomic mass is 19.1. The average molecular weight is 413 g/mol. The summed E-state index contributed by atoms with van der Waals surface area (Å²) in [6.07, 6.45) is 0.173. The maximum atomic E-state index is 13.4. The molecule has 4 rings (SSSR count). The van der Waals surface area contributed by atoms with Gasteiger partial charge in [0.15, 0.2) is 5.82 Å². The van der Waals surface area contributed by atoms with E-state index in [0.29, 0.717) is 11.4 Å². The number of aromatic nitrogens is 2. The molecule has 0 saturated carbocycles. The molecule has 152 valence electrons. The van der Waals surface area contributed by atoms with Crippen molar-refractivity contribution in [2.75, 3.05) is 10.3 Å². The zero-order valence-corrected chi connectivity index (χ0v) is 15.3. The van der Waals surface area contributed by atoms with Crippen LogP contribution in [-0.2, 0) is 9.59 Å².